The van der Waals surface area contributed by atoms with Gasteiger partial charge in [0.15, 0.2) is 0 Å². The van der Waals surface area contributed by atoms with Crippen LogP contribution in [-0.4, -0.2) is 35.6 Å². The van der Waals surface area contributed by atoms with Gasteiger partial charge in [-0.2, -0.15) is 0 Å². The van der Waals surface area contributed by atoms with Gasteiger partial charge in [0.2, 0.25) is 5.91 Å². The number of hydrogen-bond donors (Lipinski definition) is 2. The van der Waals surface area contributed by atoms with Crippen LogP contribution in [0.5, 0.6) is 0 Å². The van der Waals surface area contributed by atoms with E-state index in [0.29, 0.717) is 0 Å². The molecule has 0 heterocycles. The molecular formula is C16H21NO5. The summed E-state index contributed by atoms with van der Waals surface area (Å²) in [6, 6.07) is 7.90. The number of amides is 1. The number of aliphatic carboxylic acids is 1. The molecular weight excluding hydrogens is 286 g/mol. The second-order valence-electron chi connectivity index (χ2n) is 5.03. The van der Waals surface area contributed by atoms with Gasteiger partial charge in [0.05, 0.1) is 19.4 Å². The molecule has 0 unspecified atom stereocenters. The van der Waals surface area contributed by atoms with E-state index in [0.717, 1.165) is 5.56 Å². The molecule has 0 bridgehead atoms. The van der Waals surface area contributed by atoms with E-state index >= 15 is 0 Å². The molecule has 0 radical (unpaired) electrons. The molecule has 2 atom stereocenters. The summed E-state index contributed by atoms with van der Waals surface area (Å²) in [5.74, 6) is -2.60. The third-order valence-corrected chi connectivity index (χ3v) is 3.15. The smallest absolute Gasteiger partial charge is 0.326 e. The Morgan fingerprint density at radius 1 is 1.23 bits per heavy atom. The average Bonchev–Trinajstić information content (AvgIpc) is 2.45. The highest BCUT2D eigenvalue weighted by molar-refractivity contribution is 5.85. The molecule has 6 heteroatoms. The van der Waals surface area contributed by atoms with E-state index in [-0.39, 0.29) is 19.4 Å². The van der Waals surface area contributed by atoms with Crippen LogP contribution in [0.2, 0.25) is 0 Å². The summed E-state index contributed by atoms with van der Waals surface area (Å²) in [7, 11) is 0. The molecule has 120 valence electrons. The second-order valence-corrected chi connectivity index (χ2v) is 5.03. The van der Waals surface area contributed by atoms with Crippen molar-refractivity contribution >= 4 is 17.8 Å². The van der Waals surface area contributed by atoms with Gasteiger partial charge in [0, 0.05) is 0 Å². The summed E-state index contributed by atoms with van der Waals surface area (Å²) in [6.45, 7) is 3.51. The van der Waals surface area contributed by atoms with Gasteiger partial charge < -0.3 is 15.2 Å². The quantitative estimate of drug-likeness (QED) is 0.708. The zero-order valence-electron chi connectivity index (χ0n) is 12.7. The van der Waals surface area contributed by atoms with Crippen molar-refractivity contribution in [2.45, 2.75) is 32.7 Å². The average molecular weight is 307 g/mol. The number of carbonyl (C=O) groups excluding carboxylic acids is 2. The van der Waals surface area contributed by atoms with Crippen molar-refractivity contribution in [2.24, 2.45) is 5.92 Å². The minimum Gasteiger partial charge on any atom is -0.480 e. The lowest BCUT2D eigenvalue weighted by Crippen LogP contribution is -2.46. The van der Waals surface area contributed by atoms with Crippen molar-refractivity contribution in [1.82, 2.24) is 5.32 Å². The minimum absolute atomic E-state index is 0.0591. The number of nitrogens with one attached hydrogen (secondary N) is 1. The van der Waals surface area contributed by atoms with E-state index in [2.05, 4.69) is 5.32 Å². The predicted molar refractivity (Wildman–Crippen MR) is 80.1 cm³/mol. The van der Waals surface area contributed by atoms with E-state index < -0.39 is 29.8 Å². The molecule has 0 spiro atoms. The van der Waals surface area contributed by atoms with Crippen LogP contribution in [0.15, 0.2) is 30.3 Å². The molecule has 0 fully saturated rings. The lowest BCUT2D eigenvalue weighted by atomic mass is 9.98. The zero-order valence-corrected chi connectivity index (χ0v) is 12.7. The molecule has 0 saturated heterocycles. The van der Waals surface area contributed by atoms with Crippen LogP contribution in [0, 0.1) is 5.92 Å². The minimum atomic E-state index is -1.17. The summed E-state index contributed by atoms with van der Waals surface area (Å²) in [5, 5.41) is 11.7. The molecule has 1 rings (SSSR count). The van der Waals surface area contributed by atoms with Gasteiger partial charge >= 0.3 is 11.9 Å². The fourth-order valence-corrected chi connectivity index (χ4v) is 2.05. The largest absolute Gasteiger partial charge is 0.480 e. The van der Waals surface area contributed by atoms with Crippen LogP contribution in [0.3, 0.4) is 0 Å². The molecule has 1 amide bonds. The Kier molecular flexibility index (Phi) is 7.08. The molecule has 6 nitrogen and oxygen atoms in total. The summed E-state index contributed by atoms with van der Waals surface area (Å²) in [4.78, 5) is 34.7. The normalized spacial score (nSPS) is 13.0. The number of esters is 1. The molecule has 0 aromatic heterocycles. The van der Waals surface area contributed by atoms with Crippen molar-refractivity contribution in [3.8, 4) is 0 Å². The topological polar surface area (TPSA) is 92.7 Å². The van der Waals surface area contributed by atoms with E-state index in [9.17, 15) is 19.5 Å². The van der Waals surface area contributed by atoms with Crippen LogP contribution in [0.25, 0.3) is 0 Å². The highest BCUT2D eigenvalue weighted by atomic mass is 16.5. The monoisotopic (exact) mass is 307 g/mol. The summed E-state index contributed by atoms with van der Waals surface area (Å²) in [6.07, 6.45) is 0.0349. The Morgan fingerprint density at radius 2 is 1.86 bits per heavy atom. The van der Waals surface area contributed by atoms with Crippen LogP contribution >= 0.6 is 0 Å². The maximum atomic E-state index is 12.0. The fraction of sp³-hybridized carbons (Fsp3) is 0.438. The molecule has 22 heavy (non-hydrogen) atoms. The first-order valence-corrected chi connectivity index (χ1v) is 7.15. The van der Waals surface area contributed by atoms with Crippen molar-refractivity contribution in [3.63, 3.8) is 0 Å². The highest BCUT2D eigenvalue weighted by Gasteiger charge is 2.28. The Bertz CT molecular complexity index is 515. The molecule has 0 aliphatic rings. The van der Waals surface area contributed by atoms with E-state index in [1.807, 2.05) is 6.07 Å². The summed E-state index contributed by atoms with van der Waals surface area (Å²) in [5.41, 5.74) is 0.794. The number of carbonyl (C=O) groups is 3. The predicted octanol–water partition coefficient (Wildman–Crippen LogP) is 1.39. The number of rotatable bonds is 8. The van der Waals surface area contributed by atoms with Crippen LogP contribution < -0.4 is 5.32 Å². The number of hydrogen-bond acceptors (Lipinski definition) is 4. The number of carboxylic acids is 1. The van der Waals surface area contributed by atoms with Gasteiger partial charge in [-0.3, -0.25) is 9.59 Å². The van der Waals surface area contributed by atoms with Gasteiger partial charge in [-0.1, -0.05) is 37.3 Å². The maximum Gasteiger partial charge on any atom is 0.326 e. The lowest BCUT2D eigenvalue weighted by molar-refractivity contribution is -0.147. The molecule has 0 aliphatic heterocycles. The first-order valence-electron chi connectivity index (χ1n) is 7.15. The Labute approximate surface area is 129 Å². The van der Waals surface area contributed by atoms with Crippen LogP contribution in [-0.2, 0) is 25.5 Å². The van der Waals surface area contributed by atoms with Crippen LogP contribution in [0.1, 0.15) is 25.8 Å². The van der Waals surface area contributed by atoms with Crippen LogP contribution in [0.4, 0.5) is 0 Å². The summed E-state index contributed by atoms with van der Waals surface area (Å²) < 4.78 is 4.80. The fourth-order valence-electron chi connectivity index (χ4n) is 2.05. The standard InChI is InChI=1S/C16H21NO5/c1-3-22-14(19)9-11(2)15(16(20)21)17-13(18)10-12-7-5-4-6-8-12/h4-8,11,15H,3,9-10H2,1-2H3,(H,17,18)(H,20,21)/t11-,15-/m0/s1. The Morgan fingerprint density at radius 3 is 2.41 bits per heavy atom. The van der Waals surface area contributed by atoms with Gasteiger partial charge in [-0.05, 0) is 18.4 Å². The van der Waals surface area contributed by atoms with Crippen molar-refractivity contribution in [3.05, 3.63) is 35.9 Å². The Hall–Kier alpha value is -2.37. The SMILES string of the molecule is CCOC(=O)C[C@H](C)[C@H](NC(=O)Cc1ccccc1)C(=O)O. The van der Waals surface area contributed by atoms with E-state index in [1.165, 1.54) is 0 Å². The lowest BCUT2D eigenvalue weighted by Gasteiger charge is -2.20. The van der Waals surface area contributed by atoms with Crippen molar-refractivity contribution < 1.29 is 24.2 Å². The third-order valence-electron chi connectivity index (χ3n) is 3.15. The molecule has 1 aromatic rings. The Balaban J connectivity index is 2.61. The van der Waals surface area contributed by atoms with Gasteiger partial charge in [0.1, 0.15) is 6.04 Å². The molecule has 2 N–H and O–H groups in total. The van der Waals surface area contributed by atoms with Gasteiger partial charge in [0.25, 0.3) is 0 Å². The van der Waals surface area contributed by atoms with Crippen molar-refractivity contribution in [2.75, 3.05) is 6.61 Å². The van der Waals surface area contributed by atoms with E-state index in [1.54, 1.807) is 38.1 Å². The number of carboxylic acid groups (broad SMARTS) is 1. The third kappa shape index (κ3) is 5.95. The molecule has 0 aliphatic carbocycles. The first kappa shape index (κ1) is 17.7. The molecule has 0 saturated carbocycles. The molecule has 1 aromatic carbocycles. The highest BCUT2D eigenvalue weighted by Crippen LogP contribution is 2.11. The zero-order chi connectivity index (χ0) is 16.5. The van der Waals surface area contributed by atoms with Gasteiger partial charge in [-0.25, -0.2) is 4.79 Å². The first-order chi connectivity index (χ1) is 10.4. The number of ether oxygens (including phenoxy) is 1. The number of benzene rings is 1. The van der Waals surface area contributed by atoms with E-state index in [4.69, 9.17) is 4.74 Å². The summed E-state index contributed by atoms with van der Waals surface area (Å²) >= 11 is 0. The second kappa shape index (κ2) is 8.81. The maximum absolute atomic E-state index is 12.0. The van der Waals surface area contributed by atoms with Gasteiger partial charge in [-0.15, -0.1) is 0 Å². The van der Waals surface area contributed by atoms with Crippen molar-refractivity contribution in [1.29, 1.82) is 0 Å².